The number of amides is 2. The Labute approximate surface area is 881 Å². The number of morpholine rings is 6. The van der Waals surface area contributed by atoms with Crippen LogP contribution in [0.15, 0.2) is 248 Å². The summed E-state index contributed by atoms with van der Waals surface area (Å²) in [5.74, 6) is 3.96. The summed E-state index contributed by atoms with van der Waals surface area (Å²) < 4.78 is 63.5. The zero-order valence-electron chi connectivity index (χ0n) is 84.8. The number of benzene rings is 7. The predicted octanol–water partition coefficient (Wildman–Crippen LogP) is 18.8. The van der Waals surface area contributed by atoms with E-state index in [-0.39, 0.29) is 90.0 Å². The molecule has 2 amide bonds. The number of nitrogens with zero attached hydrogens (tertiary/aromatic N) is 21. The van der Waals surface area contributed by atoms with Gasteiger partial charge in [-0.1, -0.05) is 191 Å². The van der Waals surface area contributed by atoms with E-state index in [0.717, 1.165) is 104 Å². The molecule has 778 valence electrons. The average Bonchev–Trinajstić information content (AvgIpc) is 1.50. The number of halogens is 3. The van der Waals surface area contributed by atoms with Crippen LogP contribution in [0.25, 0.3) is 71.5 Å². The molecule has 6 aliphatic heterocycles. The zero-order chi connectivity index (χ0) is 104. The molecule has 20 rings (SSSR count). The van der Waals surface area contributed by atoms with Crippen molar-refractivity contribution >= 4 is 71.6 Å². The van der Waals surface area contributed by atoms with Gasteiger partial charge in [0.05, 0.1) is 120 Å². The second-order valence-corrected chi connectivity index (χ2v) is 37.0. The van der Waals surface area contributed by atoms with Gasteiger partial charge in [0.2, 0.25) is 46.4 Å². The van der Waals surface area contributed by atoms with E-state index in [1.165, 1.54) is 40.5 Å². The molecule has 14 aromatic rings. The van der Waals surface area contributed by atoms with E-state index in [4.69, 9.17) is 87.8 Å². The minimum absolute atomic E-state index is 0. The van der Waals surface area contributed by atoms with E-state index in [1.807, 2.05) is 163 Å². The molecule has 6 aliphatic rings. The summed E-state index contributed by atoms with van der Waals surface area (Å²) in [5, 5.41) is 18.5. The third-order valence-corrected chi connectivity index (χ3v) is 24.2. The Morgan fingerprint density at radius 1 is 0.423 bits per heavy atom. The van der Waals surface area contributed by atoms with Crippen molar-refractivity contribution < 1.29 is 61.1 Å². The first kappa shape index (κ1) is 113. The Morgan fingerprint density at radius 2 is 0.772 bits per heavy atom. The van der Waals surface area contributed by atoms with Gasteiger partial charge in [0.25, 0.3) is 11.1 Å². The van der Waals surface area contributed by atoms with Crippen LogP contribution in [0, 0.1) is 40.5 Å². The van der Waals surface area contributed by atoms with Gasteiger partial charge in [-0.15, -0.1) is 24.8 Å². The van der Waals surface area contributed by atoms with E-state index >= 15 is 0 Å². The lowest BCUT2D eigenvalue weighted by Gasteiger charge is -2.37. The summed E-state index contributed by atoms with van der Waals surface area (Å²) in [6.45, 7) is 51.9. The van der Waals surface area contributed by atoms with Crippen LogP contribution in [0.4, 0.5) is 32.6 Å². The quantitative estimate of drug-likeness (QED) is 0.0754. The van der Waals surface area contributed by atoms with E-state index in [0.29, 0.717) is 146 Å². The Balaban J connectivity index is 0.000000156. The minimum Gasteiger partial charge on any atom is -0.444 e. The molecule has 0 radical (unpaired) electrons. The summed E-state index contributed by atoms with van der Waals surface area (Å²) in [7, 11) is 3.28. The summed E-state index contributed by atoms with van der Waals surface area (Å²) in [5.41, 5.74) is 13.2. The lowest BCUT2D eigenvalue weighted by molar-refractivity contribution is -0.0434. The summed E-state index contributed by atoms with van der Waals surface area (Å²) in [6.07, 6.45) is 5.27. The molecule has 0 spiro atoms. The zero-order valence-corrected chi connectivity index (χ0v) is 87.2. The standard InChI is InChI=1S/C22H21N7O3.C19H20N2O.C18H23N3O4.C16H20N2O3.C13H15N3O2.C11H12N2O.C9H7ClN4O.2ClH/c1-14-25-21(27-32-14)16-5-3-15(4-6-16)19-12-29(9-10-31-19)22-26-18(11-20(30)28(22)2)17-7-8-23-13-24-17;1-15(16-6-4-3-5-7-16)21-12-13-22-19(14-21)17-8-10-18(20-2)11-9-17;1-12-19-16(20-25-12)14-7-5-13(6-8-14)15-11-21(9-10-23-15)17(22)24-18(2,3)4;1-16(2,3)21-15(19)18-9-10-20-14(11-18)12-5-7-13(17-4)8-6-12;1-9-15-13(16-18-9)11-4-2-10(3-5-11)12-8-14-6-7-17-12;1-12-10-4-2-9(3-5-10)11-8-13-6-7-14-11;1-14-8(15)4-7(13-9(14)10)6-2-3-11-5-12-6;;/h3-8,11,13,19H,9-10,12H2,1-2H3;3-11,15,19H,12-14H2,1H3;5-8,15H,9-11H2,1-4H3;5-8,14H,9-11H2,1-3H3;2-5,12,14H,6-8H2,1H3;2-5,11,13H,6-8H2;2-5H,1H3;2*1H/t19-;15-,19-;15-;14-;12-;11-;;;/m111111.../s1. The molecule has 7 atom stereocenters. The van der Waals surface area contributed by atoms with Crippen molar-refractivity contribution in [3.63, 3.8) is 0 Å². The lowest BCUT2D eigenvalue weighted by atomic mass is 10.0. The van der Waals surface area contributed by atoms with Crippen LogP contribution in [0.1, 0.15) is 148 Å². The number of ether oxygens (including phenoxy) is 8. The first-order valence-corrected chi connectivity index (χ1v) is 48.4. The van der Waals surface area contributed by atoms with Gasteiger partial charge < -0.3 is 76.8 Å². The fourth-order valence-corrected chi connectivity index (χ4v) is 16.2. The van der Waals surface area contributed by atoms with E-state index in [2.05, 4.69) is 140 Å². The summed E-state index contributed by atoms with van der Waals surface area (Å²) >= 11 is 5.78. The molecule has 0 aliphatic carbocycles. The maximum absolute atomic E-state index is 12.6. The largest absolute Gasteiger partial charge is 0.444 e. The molecule has 6 fully saturated rings. The third kappa shape index (κ3) is 32.8. The SMILES string of the molecule is Cc1nc(-c2ccc([C@H]3CN(C(=O)OC(C)(C)C)CCO3)cc2)no1.Cc1nc(-c2ccc([C@H]3CN(c4nc(-c5ccncn5)cc(=O)n4C)CCO3)cc2)no1.Cc1nc(-c2ccc([C@H]3CNCCO3)cc2)no1.Cl.Cl.Cn1c(Cl)nc(-c2ccncn2)cc1=O.[C-]#[N+]c1ccc([C@H]2CN(C(=O)OC(C)(C)C)CCO2)cc1.[C-]#[N+]c1ccc([C@H]2CN([C@H](C)c3ccccc3)CCO2)cc1.[C-]#[N+]c1ccc([C@H]2CNCCO2)cc1. The van der Waals surface area contributed by atoms with Crippen LogP contribution < -0.4 is 26.7 Å². The van der Waals surface area contributed by atoms with Gasteiger partial charge in [0.1, 0.15) is 42.2 Å². The second kappa shape index (κ2) is 54.8. The number of carbonyl (C=O) groups is 2. The Morgan fingerprint density at radius 3 is 1.12 bits per heavy atom. The number of nitrogens with one attached hydrogen (secondary N) is 2. The molecule has 0 bridgehead atoms. The monoisotopic (exact) mass is 2080 g/mol. The van der Waals surface area contributed by atoms with Crippen LogP contribution in [-0.2, 0) is 52.0 Å². The molecular weight excluding hydrogens is 1970 g/mol. The number of anilines is 1. The fourth-order valence-electron chi connectivity index (χ4n) is 16.0. The van der Waals surface area contributed by atoms with Crippen LogP contribution in [0.3, 0.4) is 0 Å². The van der Waals surface area contributed by atoms with Gasteiger partial charge in [-0.05, 0) is 111 Å². The van der Waals surface area contributed by atoms with Crippen LogP contribution in [0.5, 0.6) is 0 Å². The van der Waals surface area contributed by atoms with Gasteiger partial charge >= 0.3 is 12.2 Å². The van der Waals surface area contributed by atoms with Gasteiger partial charge in [-0.25, -0.2) is 54.0 Å². The first-order valence-electron chi connectivity index (χ1n) is 48.1. The molecule has 6 saturated heterocycles. The third-order valence-electron chi connectivity index (χ3n) is 23.8. The Bertz CT molecular complexity index is 6860. The number of aromatic nitrogens is 14. The predicted molar refractivity (Wildman–Crippen MR) is 564 cm³/mol. The fraction of sp³-hybridized carbons (Fsp3) is 0.361. The van der Waals surface area contributed by atoms with E-state index < -0.39 is 11.2 Å². The Hall–Kier alpha value is -14.8. The molecular formula is C108H120Cl3N23O15. The van der Waals surface area contributed by atoms with E-state index in [9.17, 15) is 19.2 Å². The highest BCUT2D eigenvalue weighted by atomic mass is 35.5. The minimum atomic E-state index is -0.505. The first-order chi connectivity index (χ1) is 71.0. The molecule has 0 unspecified atom stereocenters. The van der Waals surface area contributed by atoms with Gasteiger partial charge in [-0.3, -0.25) is 23.6 Å². The van der Waals surface area contributed by atoms with Crippen LogP contribution >= 0.6 is 36.4 Å². The highest BCUT2D eigenvalue weighted by Gasteiger charge is 2.34. The molecule has 7 aromatic carbocycles. The maximum Gasteiger partial charge on any atom is 0.410 e. The molecule has 149 heavy (non-hydrogen) atoms. The number of hydrogen-bond donors (Lipinski definition) is 2. The number of hydrogen-bond acceptors (Lipinski definition) is 31. The second-order valence-electron chi connectivity index (χ2n) is 36.7. The van der Waals surface area contributed by atoms with Crippen molar-refractivity contribution in [1.29, 1.82) is 0 Å². The van der Waals surface area contributed by atoms with Crippen molar-refractivity contribution in [2.45, 2.75) is 123 Å². The van der Waals surface area contributed by atoms with Crippen molar-refractivity contribution in [2.24, 2.45) is 14.1 Å². The number of carbonyl (C=O) groups excluding carboxylic acids is 2. The average molecular weight is 2090 g/mol. The molecule has 13 heterocycles. The van der Waals surface area contributed by atoms with Crippen LogP contribution in [-0.4, -0.2) is 226 Å². The highest BCUT2D eigenvalue weighted by molar-refractivity contribution is 6.28. The van der Waals surface area contributed by atoms with Gasteiger partial charge in [0.15, 0.2) is 17.1 Å². The molecule has 7 aromatic heterocycles. The van der Waals surface area contributed by atoms with Crippen molar-refractivity contribution in [3.05, 3.63) is 342 Å². The van der Waals surface area contributed by atoms with Crippen molar-refractivity contribution in [3.8, 4) is 56.9 Å². The van der Waals surface area contributed by atoms with Crippen molar-refractivity contribution in [2.75, 3.05) is 123 Å². The molecule has 38 nitrogen and oxygen atoms in total. The topological polar surface area (TPSA) is 396 Å². The summed E-state index contributed by atoms with van der Waals surface area (Å²) in [6, 6.07) is 63.6. The smallest absolute Gasteiger partial charge is 0.410 e. The number of aryl methyl sites for hydroxylation is 3. The van der Waals surface area contributed by atoms with Crippen LogP contribution in [0.2, 0.25) is 5.28 Å². The lowest BCUT2D eigenvalue weighted by Crippen LogP contribution is -2.44. The van der Waals surface area contributed by atoms with Gasteiger partial charge in [0, 0.05) is 141 Å². The van der Waals surface area contributed by atoms with E-state index in [1.54, 1.807) is 85.9 Å². The van der Waals surface area contributed by atoms with Gasteiger partial charge in [-0.2, -0.15) is 15.0 Å². The molecule has 2 N–H and O–H groups in total. The molecule has 0 saturated carbocycles. The Kier molecular flexibility index (Phi) is 41.5. The molecule has 41 heteroatoms. The maximum atomic E-state index is 12.6. The number of rotatable bonds is 14. The van der Waals surface area contributed by atoms with Crippen molar-refractivity contribution in [1.82, 2.24) is 94.8 Å². The highest BCUT2D eigenvalue weighted by Crippen LogP contribution is 2.35. The summed E-state index contributed by atoms with van der Waals surface area (Å²) in [4.78, 5) is 104. The normalized spacial score (nSPS) is 17.7.